The van der Waals surface area contributed by atoms with Gasteiger partial charge < -0.3 is 20.1 Å². The molecule has 1 fully saturated rings. The number of nitrogens with zero attached hydrogens (tertiary/aromatic N) is 1. The lowest BCUT2D eigenvalue weighted by Gasteiger charge is -2.22. The molecule has 1 aliphatic rings. The molecule has 3 rings (SSSR count). The van der Waals surface area contributed by atoms with Gasteiger partial charge in [-0.1, -0.05) is 0 Å². The molecule has 0 radical (unpaired) electrons. The highest BCUT2D eigenvalue weighted by molar-refractivity contribution is 7.07. The first-order valence-electron chi connectivity index (χ1n) is 7.99. The van der Waals surface area contributed by atoms with Crippen LogP contribution in [0.5, 0.6) is 11.5 Å². The van der Waals surface area contributed by atoms with Crippen molar-refractivity contribution in [3.05, 3.63) is 46.2 Å². The lowest BCUT2D eigenvalue weighted by Crippen LogP contribution is -2.32. The fourth-order valence-electron chi connectivity index (χ4n) is 2.57. The Morgan fingerprint density at radius 3 is 2.68 bits per heavy atom. The molecule has 1 heterocycles. The van der Waals surface area contributed by atoms with Gasteiger partial charge in [-0.05, 0) is 53.4 Å². The Morgan fingerprint density at radius 1 is 1.28 bits per heavy atom. The van der Waals surface area contributed by atoms with Gasteiger partial charge in [0.1, 0.15) is 0 Å². The van der Waals surface area contributed by atoms with E-state index in [0.717, 1.165) is 18.4 Å². The van der Waals surface area contributed by atoms with E-state index in [1.807, 2.05) is 16.3 Å². The van der Waals surface area contributed by atoms with Crippen LogP contribution in [0.2, 0.25) is 0 Å². The van der Waals surface area contributed by atoms with E-state index in [4.69, 9.17) is 15.2 Å². The highest BCUT2D eigenvalue weighted by Gasteiger charge is 2.33. The first kappa shape index (κ1) is 17.3. The Hall–Kier alpha value is -2.54. The second kappa shape index (κ2) is 7.57. The normalized spacial score (nSPS) is 13.3. The van der Waals surface area contributed by atoms with Crippen LogP contribution in [0.1, 0.15) is 28.8 Å². The van der Waals surface area contributed by atoms with Gasteiger partial charge in [-0.3, -0.25) is 9.59 Å². The molecule has 1 aromatic carbocycles. The van der Waals surface area contributed by atoms with Gasteiger partial charge in [-0.2, -0.15) is 11.3 Å². The van der Waals surface area contributed by atoms with E-state index < -0.39 is 5.91 Å². The minimum absolute atomic E-state index is 0.0338. The Labute approximate surface area is 150 Å². The summed E-state index contributed by atoms with van der Waals surface area (Å²) in [5.41, 5.74) is 6.76. The van der Waals surface area contributed by atoms with Crippen LogP contribution in [-0.2, 0) is 11.3 Å². The number of benzene rings is 1. The van der Waals surface area contributed by atoms with Crippen molar-refractivity contribution >= 4 is 23.2 Å². The maximum absolute atomic E-state index is 13.0. The number of thiophene rings is 1. The average molecular weight is 360 g/mol. The number of carbonyl (C=O) groups excluding carboxylic acids is 2. The summed E-state index contributed by atoms with van der Waals surface area (Å²) in [7, 11) is 1.49. The zero-order valence-corrected chi connectivity index (χ0v) is 14.8. The summed E-state index contributed by atoms with van der Waals surface area (Å²) >= 11 is 1.62. The van der Waals surface area contributed by atoms with Crippen LogP contribution in [0.15, 0.2) is 35.0 Å². The number of amides is 2. The first-order chi connectivity index (χ1) is 12.1. The van der Waals surface area contributed by atoms with E-state index in [-0.39, 0.29) is 12.5 Å². The molecule has 0 aliphatic heterocycles. The van der Waals surface area contributed by atoms with Crippen LogP contribution in [0.25, 0.3) is 0 Å². The Bertz CT molecular complexity index is 756. The number of ether oxygens (including phenoxy) is 2. The predicted molar refractivity (Wildman–Crippen MR) is 94.9 cm³/mol. The minimum atomic E-state index is -0.571. The van der Waals surface area contributed by atoms with E-state index >= 15 is 0 Å². The highest BCUT2D eigenvalue weighted by atomic mass is 32.1. The smallest absolute Gasteiger partial charge is 0.255 e. The predicted octanol–water partition coefficient (Wildman–Crippen LogP) is 2.43. The molecule has 2 N–H and O–H groups in total. The number of carbonyl (C=O) groups is 2. The van der Waals surface area contributed by atoms with Gasteiger partial charge in [0.15, 0.2) is 18.1 Å². The Kier molecular flexibility index (Phi) is 5.23. The van der Waals surface area contributed by atoms with Gasteiger partial charge in [-0.15, -0.1) is 0 Å². The quantitative estimate of drug-likeness (QED) is 0.784. The van der Waals surface area contributed by atoms with E-state index in [9.17, 15) is 9.59 Å². The van der Waals surface area contributed by atoms with Gasteiger partial charge in [-0.25, -0.2) is 0 Å². The maximum atomic E-state index is 13.0. The zero-order chi connectivity index (χ0) is 17.8. The van der Waals surface area contributed by atoms with Crippen molar-refractivity contribution in [3.8, 4) is 11.5 Å². The molecule has 132 valence electrons. The summed E-state index contributed by atoms with van der Waals surface area (Å²) in [6.07, 6.45) is 2.07. The number of methoxy groups -OCH3 is 1. The lowest BCUT2D eigenvalue weighted by atomic mass is 10.1. The summed E-state index contributed by atoms with van der Waals surface area (Å²) < 4.78 is 10.6. The molecule has 0 bridgehead atoms. The monoisotopic (exact) mass is 360 g/mol. The van der Waals surface area contributed by atoms with Crippen LogP contribution in [0.3, 0.4) is 0 Å². The zero-order valence-electron chi connectivity index (χ0n) is 13.9. The fraction of sp³-hybridized carbons (Fsp3) is 0.333. The van der Waals surface area contributed by atoms with Crippen molar-refractivity contribution < 1.29 is 19.1 Å². The van der Waals surface area contributed by atoms with Crippen LogP contribution >= 0.6 is 11.3 Å². The molecular formula is C18H20N2O4S. The third-order valence-electron chi connectivity index (χ3n) is 3.96. The molecule has 0 saturated heterocycles. The minimum Gasteiger partial charge on any atom is -0.493 e. The molecule has 0 spiro atoms. The van der Waals surface area contributed by atoms with Crippen LogP contribution in [-0.4, -0.2) is 36.5 Å². The molecular weight excluding hydrogens is 340 g/mol. The van der Waals surface area contributed by atoms with Crippen LogP contribution in [0, 0.1) is 0 Å². The summed E-state index contributed by atoms with van der Waals surface area (Å²) in [6, 6.07) is 7.29. The topological polar surface area (TPSA) is 81.9 Å². The highest BCUT2D eigenvalue weighted by Crippen LogP contribution is 2.33. The molecule has 0 atom stereocenters. The number of primary amides is 1. The summed E-state index contributed by atoms with van der Waals surface area (Å²) in [5.74, 6) is 0.179. The van der Waals surface area contributed by atoms with Crippen molar-refractivity contribution in [2.75, 3.05) is 13.7 Å². The second-order valence-electron chi connectivity index (χ2n) is 5.92. The third-order valence-corrected chi connectivity index (χ3v) is 4.69. The standard InChI is InChI=1S/C18H20N2O4S/c1-23-16-8-13(2-5-15(16)24-10-17(19)21)18(22)20(14-3-4-14)9-12-6-7-25-11-12/h2,5-8,11,14H,3-4,9-10H2,1H3,(H2,19,21). The average Bonchev–Trinajstić information content (AvgIpc) is 3.32. The summed E-state index contributed by atoms with van der Waals surface area (Å²) in [5, 5.41) is 4.07. The largest absolute Gasteiger partial charge is 0.493 e. The Balaban J connectivity index is 1.78. The molecule has 1 aliphatic carbocycles. The molecule has 25 heavy (non-hydrogen) atoms. The third kappa shape index (κ3) is 4.30. The SMILES string of the molecule is COc1cc(C(=O)N(Cc2ccsc2)C2CC2)ccc1OCC(N)=O. The fourth-order valence-corrected chi connectivity index (χ4v) is 3.23. The van der Waals surface area contributed by atoms with Gasteiger partial charge in [0.25, 0.3) is 11.8 Å². The number of hydrogen-bond acceptors (Lipinski definition) is 5. The molecule has 1 saturated carbocycles. The summed E-state index contributed by atoms with van der Waals surface area (Å²) in [4.78, 5) is 25.7. The number of rotatable bonds is 8. The van der Waals surface area contributed by atoms with Crippen molar-refractivity contribution in [3.63, 3.8) is 0 Å². The Morgan fingerprint density at radius 2 is 2.08 bits per heavy atom. The van der Waals surface area contributed by atoms with Crippen molar-refractivity contribution in [1.82, 2.24) is 4.90 Å². The summed E-state index contributed by atoms with van der Waals surface area (Å²) in [6.45, 7) is 0.366. The van der Waals surface area contributed by atoms with E-state index in [2.05, 4.69) is 5.38 Å². The van der Waals surface area contributed by atoms with E-state index in [1.54, 1.807) is 29.5 Å². The molecule has 7 heteroatoms. The molecule has 6 nitrogen and oxygen atoms in total. The maximum Gasteiger partial charge on any atom is 0.255 e. The molecule has 1 aromatic heterocycles. The van der Waals surface area contributed by atoms with Crippen molar-refractivity contribution in [2.24, 2.45) is 5.73 Å². The molecule has 2 aromatic rings. The van der Waals surface area contributed by atoms with E-state index in [0.29, 0.717) is 29.6 Å². The van der Waals surface area contributed by atoms with E-state index in [1.165, 1.54) is 7.11 Å². The van der Waals surface area contributed by atoms with Crippen molar-refractivity contribution in [2.45, 2.75) is 25.4 Å². The molecule has 0 unspecified atom stereocenters. The van der Waals surface area contributed by atoms with Gasteiger partial charge in [0.05, 0.1) is 7.11 Å². The van der Waals surface area contributed by atoms with Gasteiger partial charge >= 0.3 is 0 Å². The number of nitrogens with two attached hydrogens (primary N) is 1. The van der Waals surface area contributed by atoms with Gasteiger partial charge in [0, 0.05) is 18.2 Å². The van der Waals surface area contributed by atoms with Gasteiger partial charge in [0.2, 0.25) is 0 Å². The number of hydrogen-bond donors (Lipinski definition) is 1. The van der Waals surface area contributed by atoms with Crippen LogP contribution < -0.4 is 15.2 Å². The molecule has 2 amide bonds. The second-order valence-corrected chi connectivity index (χ2v) is 6.70. The first-order valence-corrected chi connectivity index (χ1v) is 8.94. The van der Waals surface area contributed by atoms with Crippen LogP contribution in [0.4, 0.5) is 0 Å². The lowest BCUT2D eigenvalue weighted by molar-refractivity contribution is -0.119. The van der Waals surface area contributed by atoms with Crippen molar-refractivity contribution in [1.29, 1.82) is 0 Å².